The maximum Gasteiger partial charge on any atom is 0.189 e. The third kappa shape index (κ3) is 2.86. The fourth-order valence-corrected chi connectivity index (χ4v) is 1.84. The van der Waals surface area contributed by atoms with Gasteiger partial charge >= 0.3 is 0 Å². The Morgan fingerprint density at radius 3 is 2.95 bits per heavy atom. The Balaban J connectivity index is 2.22. The molecular weight excluding hydrogens is 252 g/mol. The van der Waals surface area contributed by atoms with Crippen molar-refractivity contribution in [3.63, 3.8) is 0 Å². The normalized spacial score (nSPS) is 10.1. The number of ether oxygens (including phenoxy) is 1. The lowest BCUT2D eigenvalue weighted by molar-refractivity contribution is 0.291. The van der Waals surface area contributed by atoms with Crippen LogP contribution in [0.5, 0.6) is 5.75 Å². The molecule has 2 aromatic rings. The highest BCUT2D eigenvalue weighted by Gasteiger charge is 2.13. The summed E-state index contributed by atoms with van der Waals surface area (Å²) in [5, 5.41) is 16.8. The number of hydrogen-bond donors (Lipinski definition) is 0. The summed E-state index contributed by atoms with van der Waals surface area (Å²) in [7, 11) is 0. The second-order valence-electron chi connectivity index (χ2n) is 4.52. The zero-order valence-electron chi connectivity index (χ0n) is 11.6. The average Bonchev–Trinajstić information content (AvgIpc) is 2.82. The van der Waals surface area contributed by atoms with E-state index < -0.39 is 0 Å². The van der Waals surface area contributed by atoms with Gasteiger partial charge in [-0.2, -0.15) is 5.26 Å². The first-order valence-corrected chi connectivity index (χ1v) is 6.29. The van der Waals surface area contributed by atoms with Crippen LogP contribution in [0.2, 0.25) is 0 Å². The van der Waals surface area contributed by atoms with Crippen LogP contribution in [-0.2, 0) is 13.2 Å². The SMILES string of the molecule is C=CCn1nnc(C#N)c1COc1cc(C)ccc1C. The van der Waals surface area contributed by atoms with Crippen LogP contribution in [0.3, 0.4) is 0 Å². The number of nitrogens with zero attached hydrogens (tertiary/aromatic N) is 4. The van der Waals surface area contributed by atoms with E-state index in [0.29, 0.717) is 12.2 Å². The first-order valence-electron chi connectivity index (χ1n) is 6.29. The van der Waals surface area contributed by atoms with Gasteiger partial charge in [-0.25, -0.2) is 4.68 Å². The molecule has 0 radical (unpaired) electrons. The van der Waals surface area contributed by atoms with Gasteiger partial charge in [0.25, 0.3) is 0 Å². The van der Waals surface area contributed by atoms with Crippen LogP contribution < -0.4 is 4.74 Å². The second-order valence-corrected chi connectivity index (χ2v) is 4.52. The van der Waals surface area contributed by atoms with Crippen molar-refractivity contribution in [1.29, 1.82) is 5.26 Å². The molecule has 0 spiro atoms. The summed E-state index contributed by atoms with van der Waals surface area (Å²) >= 11 is 0. The van der Waals surface area contributed by atoms with Gasteiger partial charge < -0.3 is 4.74 Å². The Bertz CT molecular complexity index is 667. The Kier molecular flexibility index (Phi) is 4.16. The second kappa shape index (κ2) is 6.02. The van der Waals surface area contributed by atoms with Crippen molar-refractivity contribution < 1.29 is 4.74 Å². The van der Waals surface area contributed by atoms with Gasteiger partial charge in [-0.1, -0.05) is 23.4 Å². The highest BCUT2D eigenvalue weighted by Crippen LogP contribution is 2.20. The van der Waals surface area contributed by atoms with Gasteiger partial charge in [-0.05, 0) is 31.0 Å². The zero-order valence-corrected chi connectivity index (χ0v) is 11.6. The Labute approximate surface area is 118 Å². The Hall–Kier alpha value is -2.61. The maximum absolute atomic E-state index is 9.05. The van der Waals surface area contributed by atoms with Gasteiger partial charge in [0.1, 0.15) is 24.1 Å². The standard InChI is InChI=1S/C15H16N4O/c1-4-7-19-14(13(9-16)17-18-19)10-20-15-8-11(2)5-6-12(15)3/h4-6,8H,1,7,10H2,2-3H3. The lowest BCUT2D eigenvalue weighted by Crippen LogP contribution is -2.08. The molecule has 0 aliphatic carbocycles. The number of hydrogen-bond acceptors (Lipinski definition) is 4. The van der Waals surface area contributed by atoms with Crippen LogP contribution in [0.15, 0.2) is 30.9 Å². The third-order valence-corrected chi connectivity index (χ3v) is 2.95. The van der Waals surface area contributed by atoms with Crippen molar-refractivity contribution in [3.8, 4) is 11.8 Å². The summed E-state index contributed by atoms with van der Waals surface area (Å²) < 4.78 is 7.43. The molecule has 0 atom stereocenters. The van der Waals surface area contributed by atoms with Crippen molar-refractivity contribution in [3.05, 3.63) is 53.4 Å². The van der Waals surface area contributed by atoms with Crippen LogP contribution >= 0.6 is 0 Å². The minimum Gasteiger partial charge on any atom is -0.487 e. The molecule has 0 N–H and O–H groups in total. The molecule has 1 aromatic heterocycles. The van der Waals surface area contributed by atoms with Crippen LogP contribution in [0.1, 0.15) is 22.5 Å². The summed E-state index contributed by atoms with van der Waals surface area (Å²) in [5.74, 6) is 0.806. The van der Waals surface area contributed by atoms with Crippen LogP contribution in [0.25, 0.3) is 0 Å². The van der Waals surface area contributed by atoms with Gasteiger partial charge in [0.05, 0.1) is 6.54 Å². The van der Waals surface area contributed by atoms with E-state index in [2.05, 4.69) is 16.9 Å². The molecule has 102 valence electrons. The smallest absolute Gasteiger partial charge is 0.189 e. The van der Waals surface area contributed by atoms with E-state index in [1.165, 1.54) is 0 Å². The van der Waals surface area contributed by atoms with E-state index in [4.69, 9.17) is 10.00 Å². The van der Waals surface area contributed by atoms with Gasteiger partial charge in [-0.3, -0.25) is 0 Å². The number of aromatic nitrogens is 3. The fraction of sp³-hybridized carbons (Fsp3) is 0.267. The van der Waals surface area contributed by atoms with Gasteiger partial charge in [-0.15, -0.1) is 11.7 Å². The monoisotopic (exact) mass is 268 g/mol. The van der Waals surface area contributed by atoms with E-state index in [9.17, 15) is 0 Å². The van der Waals surface area contributed by atoms with Crippen LogP contribution in [0, 0.1) is 25.2 Å². The lowest BCUT2D eigenvalue weighted by atomic mass is 10.1. The molecule has 0 saturated heterocycles. The first-order chi connectivity index (χ1) is 9.65. The molecule has 5 nitrogen and oxygen atoms in total. The maximum atomic E-state index is 9.05. The average molecular weight is 268 g/mol. The summed E-state index contributed by atoms with van der Waals surface area (Å²) in [6, 6.07) is 8.05. The number of allylic oxidation sites excluding steroid dienone is 1. The molecule has 0 fully saturated rings. The molecule has 0 unspecified atom stereocenters. The molecule has 0 amide bonds. The molecule has 5 heteroatoms. The number of benzene rings is 1. The molecule has 0 aliphatic rings. The van der Waals surface area contributed by atoms with Crippen LogP contribution in [-0.4, -0.2) is 15.0 Å². The summed E-state index contributed by atoms with van der Waals surface area (Å²) in [4.78, 5) is 0. The molecule has 0 saturated carbocycles. The first kappa shape index (κ1) is 13.8. The quantitative estimate of drug-likeness (QED) is 0.782. The number of aryl methyl sites for hydroxylation is 2. The van der Waals surface area contributed by atoms with E-state index in [-0.39, 0.29) is 12.3 Å². The van der Waals surface area contributed by atoms with Crippen LogP contribution in [0.4, 0.5) is 0 Å². The minimum atomic E-state index is 0.258. The summed E-state index contributed by atoms with van der Waals surface area (Å²) in [6.07, 6.45) is 1.71. The molecule has 0 bridgehead atoms. The minimum absolute atomic E-state index is 0.258. The van der Waals surface area contributed by atoms with E-state index in [1.807, 2.05) is 38.1 Å². The predicted molar refractivity (Wildman–Crippen MR) is 75.2 cm³/mol. The largest absolute Gasteiger partial charge is 0.487 e. The topological polar surface area (TPSA) is 63.7 Å². The van der Waals surface area contributed by atoms with E-state index >= 15 is 0 Å². The lowest BCUT2D eigenvalue weighted by Gasteiger charge is -2.10. The molecule has 1 heterocycles. The van der Waals surface area contributed by atoms with Gasteiger partial charge in [0, 0.05) is 0 Å². The molecule has 20 heavy (non-hydrogen) atoms. The summed E-state index contributed by atoms with van der Waals surface area (Å²) in [6.45, 7) is 8.42. The van der Waals surface area contributed by atoms with E-state index in [1.54, 1.807) is 10.8 Å². The molecule has 1 aromatic carbocycles. The van der Waals surface area contributed by atoms with Crippen molar-refractivity contribution in [2.75, 3.05) is 0 Å². The van der Waals surface area contributed by atoms with E-state index in [0.717, 1.165) is 16.9 Å². The van der Waals surface area contributed by atoms with Crippen molar-refractivity contribution in [2.24, 2.45) is 0 Å². The predicted octanol–water partition coefficient (Wildman–Crippen LogP) is 2.53. The van der Waals surface area contributed by atoms with Crippen molar-refractivity contribution in [2.45, 2.75) is 27.0 Å². The third-order valence-electron chi connectivity index (χ3n) is 2.95. The van der Waals surface area contributed by atoms with Crippen molar-refractivity contribution in [1.82, 2.24) is 15.0 Å². The highest BCUT2D eigenvalue weighted by molar-refractivity contribution is 5.36. The molecule has 2 rings (SSSR count). The highest BCUT2D eigenvalue weighted by atomic mass is 16.5. The number of nitriles is 1. The zero-order chi connectivity index (χ0) is 14.5. The Morgan fingerprint density at radius 2 is 2.25 bits per heavy atom. The molecular formula is C15H16N4O. The number of rotatable bonds is 5. The Morgan fingerprint density at radius 1 is 1.45 bits per heavy atom. The fourth-order valence-electron chi connectivity index (χ4n) is 1.84. The van der Waals surface area contributed by atoms with Gasteiger partial charge in [0.2, 0.25) is 0 Å². The van der Waals surface area contributed by atoms with Crippen molar-refractivity contribution >= 4 is 0 Å². The molecule has 0 aliphatic heterocycles. The summed E-state index contributed by atoms with van der Waals surface area (Å²) in [5.41, 5.74) is 3.13. The van der Waals surface area contributed by atoms with Gasteiger partial charge in [0.15, 0.2) is 5.69 Å².